The molecule has 4 heteroatoms. The number of rotatable bonds is 2. The Morgan fingerprint density at radius 1 is 2.29 bits per heavy atom. The maximum Gasteiger partial charge on any atom is 0.323 e. The lowest BCUT2D eigenvalue weighted by atomic mass is 10.4. The highest BCUT2D eigenvalue weighted by atomic mass is 19.1. The van der Waals surface area contributed by atoms with Crippen LogP contribution in [0.2, 0.25) is 0 Å². The van der Waals surface area contributed by atoms with Gasteiger partial charge in [0.1, 0.15) is 12.7 Å². The summed E-state index contributed by atoms with van der Waals surface area (Å²) in [6.45, 7) is -2.23. The molecule has 0 heterocycles. The lowest BCUT2D eigenvalue weighted by Gasteiger charge is -1.94. The van der Waals surface area contributed by atoms with Gasteiger partial charge in [-0.05, 0) is 0 Å². The summed E-state index contributed by atoms with van der Waals surface area (Å²) < 4.78 is 17.6. The number of aliphatic carboxylic acids is 1. The first kappa shape index (κ1) is 4.52. The van der Waals surface area contributed by atoms with Gasteiger partial charge in [0.25, 0.3) is 0 Å². The Labute approximate surface area is 41.3 Å². The Kier molecular flexibility index (Phi) is 1.63. The highest BCUT2D eigenvalue weighted by Gasteiger charge is 2.08. The Hall–Kier alpha value is -0.640. The summed E-state index contributed by atoms with van der Waals surface area (Å²) in [6.07, 6.45) is 0. The van der Waals surface area contributed by atoms with E-state index in [1.165, 1.54) is 0 Å². The number of hydrogen-bond donors (Lipinski definition) is 2. The molecule has 0 spiro atoms. The zero-order valence-corrected chi connectivity index (χ0v) is 3.47. The zero-order chi connectivity index (χ0) is 6.73. The normalized spacial score (nSPS) is 20.0. The lowest BCUT2D eigenvalue weighted by molar-refractivity contribution is -0.138. The van der Waals surface area contributed by atoms with E-state index in [0.717, 1.165) is 0 Å². The van der Waals surface area contributed by atoms with Crippen LogP contribution < -0.4 is 5.73 Å². The van der Waals surface area contributed by atoms with Crippen molar-refractivity contribution in [1.82, 2.24) is 0 Å². The van der Waals surface area contributed by atoms with Crippen molar-refractivity contribution in [1.29, 1.82) is 0 Å². The Morgan fingerprint density at radius 3 is 2.71 bits per heavy atom. The van der Waals surface area contributed by atoms with E-state index in [1.54, 1.807) is 0 Å². The molecule has 0 aliphatic heterocycles. The fourth-order valence-corrected chi connectivity index (χ4v) is 0.0539. The maximum atomic E-state index is 11.5. The molecule has 0 aliphatic carbocycles. The van der Waals surface area contributed by atoms with E-state index >= 15 is 0 Å². The third-order valence-corrected chi connectivity index (χ3v) is 0.421. The van der Waals surface area contributed by atoms with Crippen molar-refractivity contribution in [3.8, 4) is 0 Å². The topological polar surface area (TPSA) is 63.3 Å². The van der Waals surface area contributed by atoms with Crippen LogP contribution in [0.5, 0.6) is 0 Å². The van der Waals surface area contributed by atoms with E-state index in [9.17, 15) is 9.18 Å². The van der Waals surface area contributed by atoms with Gasteiger partial charge >= 0.3 is 5.97 Å². The van der Waals surface area contributed by atoms with Crippen molar-refractivity contribution in [3.05, 3.63) is 0 Å². The summed E-state index contributed by atoms with van der Waals surface area (Å²) in [5, 5.41) is 7.87. The average molecular weight is 108 g/mol. The molecule has 2 atom stereocenters. The van der Waals surface area contributed by atoms with Crippen molar-refractivity contribution >= 4 is 5.97 Å². The van der Waals surface area contributed by atoms with E-state index in [4.69, 9.17) is 6.48 Å². The third kappa shape index (κ3) is 2.11. The molecule has 0 bridgehead atoms. The van der Waals surface area contributed by atoms with E-state index in [1.807, 2.05) is 0 Å². The van der Waals surface area contributed by atoms with Gasteiger partial charge in [0.15, 0.2) is 0 Å². The van der Waals surface area contributed by atoms with Gasteiger partial charge in [-0.2, -0.15) is 0 Å². The highest BCUT2D eigenvalue weighted by Crippen LogP contribution is 1.76. The van der Waals surface area contributed by atoms with Crippen molar-refractivity contribution < 1.29 is 15.7 Å². The minimum Gasteiger partial charge on any atom is -0.480 e. The number of carboxylic acid groups (broad SMARTS) is 1. The van der Waals surface area contributed by atoms with Crippen LogP contribution in [-0.2, 0) is 4.79 Å². The van der Waals surface area contributed by atoms with Crippen LogP contribution in [0.3, 0.4) is 0 Å². The fourth-order valence-electron chi connectivity index (χ4n) is 0.0539. The Bertz CT molecular complexity index is 97.3. The van der Waals surface area contributed by atoms with Gasteiger partial charge in [0.05, 0.1) is 1.37 Å². The molecule has 0 saturated carbocycles. The molecule has 3 nitrogen and oxygen atoms in total. The highest BCUT2D eigenvalue weighted by molar-refractivity contribution is 5.73. The van der Waals surface area contributed by atoms with Crippen molar-refractivity contribution in [2.24, 2.45) is 5.73 Å². The van der Waals surface area contributed by atoms with Gasteiger partial charge in [-0.3, -0.25) is 4.79 Å². The first-order valence-corrected chi connectivity index (χ1v) is 1.60. The van der Waals surface area contributed by atoms with Gasteiger partial charge in [-0.1, -0.05) is 0 Å². The van der Waals surface area contributed by atoms with Crippen molar-refractivity contribution in [2.75, 3.05) is 6.65 Å². The largest absolute Gasteiger partial charge is 0.480 e. The Balaban J connectivity index is 3.64. The molecule has 0 saturated heterocycles. The van der Waals surface area contributed by atoms with Gasteiger partial charge in [0, 0.05) is 0 Å². The van der Waals surface area contributed by atoms with Crippen LogP contribution in [-0.4, -0.2) is 23.8 Å². The number of carboxylic acids is 1. The SMILES string of the molecule is [2H]C(F)C(N)C(=O)O. The second kappa shape index (κ2) is 2.52. The number of hydrogen-bond acceptors (Lipinski definition) is 2. The number of carbonyl (C=O) groups is 1. The summed E-state index contributed by atoms with van der Waals surface area (Å²) in [5.74, 6) is -1.49. The number of halogens is 1. The quantitative estimate of drug-likeness (QED) is 0.495. The average Bonchev–Trinajstić information content (AvgIpc) is 1.64. The molecule has 0 aromatic rings. The van der Waals surface area contributed by atoms with E-state index in [2.05, 4.69) is 5.73 Å². The minimum atomic E-state index is -2.23. The third-order valence-electron chi connectivity index (χ3n) is 0.421. The standard InChI is InChI=1S/C3H6FNO2/c4-1-2(5)3(6)7/h2H,1,5H2,(H,6,7)/i1D. The molecular formula is C3H6FNO2. The fraction of sp³-hybridized carbons (Fsp3) is 0.667. The molecule has 0 rings (SSSR count). The van der Waals surface area contributed by atoms with Crippen LogP contribution in [0.15, 0.2) is 0 Å². The van der Waals surface area contributed by atoms with Crippen molar-refractivity contribution in [2.45, 2.75) is 6.04 Å². The second-order valence-corrected chi connectivity index (χ2v) is 0.990. The van der Waals surface area contributed by atoms with Crippen LogP contribution in [0, 0.1) is 0 Å². The molecule has 3 N–H and O–H groups in total. The zero-order valence-electron chi connectivity index (χ0n) is 4.47. The van der Waals surface area contributed by atoms with Crippen LogP contribution in [0.1, 0.15) is 1.37 Å². The molecular weight excluding hydrogens is 101 g/mol. The number of alkyl halides is 1. The first-order chi connectivity index (χ1) is 3.55. The number of nitrogens with two attached hydrogens (primary N) is 1. The van der Waals surface area contributed by atoms with Gasteiger partial charge in [-0.15, -0.1) is 0 Å². The maximum absolute atomic E-state index is 11.5. The van der Waals surface area contributed by atoms with Crippen LogP contribution >= 0.6 is 0 Å². The van der Waals surface area contributed by atoms with Crippen molar-refractivity contribution in [3.63, 3.8) is 0 Å². The predicted molar refractivity (Wildman–Crippen MR) is 21.6 cm³/mol. The smallest absolute Gasteiger partial charge is 0.323 e. The molecule has 0 aliphatic rings. The summed E-state index contributed by atoms with van der Waals surface area (Å²) in [7, 11) is 0. The Morgan fingerprint density at radius 2 is 2.71 bits per heavy atom. The molecule has 7 heavy (non-hydrogen) atoms. The van der Waals surface area contributed by atoms with Gasteiger partial charge in [0.2, 0.25) is 0 Å². The van der Waals surface area contributed by atoms with E-state index in [0.29, 0.717) is 0 Å². The lowest BCUT2D eigenvalue weighted by Crippen LogP contribution is -2.31. The molecule has 42 valence electrons. The first-order valence-electron chi connectivity index (χ1n) is 2.18. The van der Waals surface area contributed by atoms with Crippen LogP contribution in [0.4, 0.5) is 4.39 Å². The summed E-state index contributed by atoms with van der Waals surface area (Å²) >= 11 is 0. The van der Waals surface area contributed by atoms with E-state index < -0.39 is 18.7 Å². The summed E-state index contributed by atoms with van der Waals surface area (Å²) in [6, 6.07) is -1.71. The van der Waals surface area contributed by atoms with E-state index in [-0.39, 0.29) is 0 Å². The molecule has 0 amide bonds. The molecule has 0 aromatic carbocycles. The predicted octanol–water partition coefficient (Wildman–Crippen LogP) is -0.632. The van der Waals surface area contributed by atoms with Gasteiger partial charge in [-0.25, -0.2) is 4.39 Å². The second-order valence-electron chi connectivity index (χ2n) is 0.990. The summed E-state index contributed by atoms with van der Waals surface area (Å²) in [4.78, 5) is 9.66. The monoisotopic (exact) mass is 108 g/mol. The molecule has 0 aromatic heterocycles. The van der Waals surface area contributed by atoms with Crippen LogP contribution in [0.25, 0.3) is 0 Å². The van der Waals surface area contributed by atoms with Gasteiger partial charge < -0.3 is 10.8 Å². The molecule has 2 unspecified atom stereocenters. The molecule has 0 fully saturated rings. The summed E-state index contributed by atoms with van der Waals surface area (Å²) in [5.41, 5.74) is 4.60. The molecule has 0 radical (unpaired) electrons. The minimum absolute atomic E-state index is 1.49.